The number of nitrogens with one attached hydrogen (secondary N) is 2. The number of carbonyl (C=O) groups excluding carboxylic acids is 1. The van der Waals surface area contributed by atoms with E-state index in [1.807, 2.05) is 45.0 Å². The molecule has 0 aliphatic rings. The number of anilines is 2. The normalized spacial score (nSPS) is 11.6. The van der Waals surface area contributed by atoms with Crippen molar-refractivity contribution in [2.75, 3.05) is 11.9 Å². The lowest BCUT2D eigenvalue weighted by Crippen LogP contribution is -2.32. The number of benzene rings is 1. The molecule has 0 aliphatic carbocycles. The SMILES string of the molecule is CCOc1ccc(Nc2cc(C(=O)NC(C)CC)ncn2)cc1. The van der Waals surface area contributed by atoms with Gasteiger partial charge in [0.25, 0.3) is 5.91 Å². The van der Waals surface area contributed by atoms with Crippen LogP contribution in [0, 0.1) is 0 Å². The molecule has 2 N–H and O–H groups in total. The molecule has 1 aromatic heterocycles. The second-order valence-corrected chi connectivity index (χ2v) is 5.15. The molecule has 2 aromatic rings. The number of ether oxygens (including phenoxy) is 1. The van der Waals surface area contributed by atoms with Crippen LogP contribution in [0.3, 0.4) is 0 Å². The summed E-state index contributed by atoms with van der Waals surface area (Å²) in [6.07, 6.45) is 2.25. The van der Waals surface area contributed by atoms with Gasteiger partial charge in [-0.1, -0.05) is 6.92 Å². The summed E-state index contributed by atoms with van der Waals surface area (Å²) < 4.78 is 5.40. The maximum atomic E-state index is 12.1. The van der Waals surface area contributed by atoms with Gasteiger partial charge < -0.3 is 15.4 Å². The number of hydrogen-bond donors (Lipinski definition) is 2. The van der Waals surface area contributed by atoms with Crippen LogP contribution in [0.15, 0.2) is 36.7 Å². The van der Waals surface area contributed by atoms with Crippen LogP contribution in [-0.2, 0) is 0 Å². The Labute approximate surface area is 136 Å². The van der Waals surface area contributed by atoms with Gasteiger partial charge in [-0.15, -0.1) is 0 Å². The van der Waals surface area contributed by atoms with E-state index in [-0.39, 0.29) is 11.9 Å². The molecule has 0 fully saturated rings. The van der Waals surface area contributed by atoms with E-state index in [0.717, 1.165) is 17.9 Å². The van der Waals surface area contributed by atoms with Crippen LogP contribution < -0.4 is 15.4 Å². The van der Waals surface area contributed by atoms with Crippen molar-refractivity contribution in [3.63, 3.8) is 0 Å². The van der Waals surface area contributed by atoms with E-state index in [2.05, 4.69) is 20.6 Å². The highest BCUT2D eigenvalue weighted by atomic mass is 16.5. The first kappa shape index (κ1) is 16.7. The fourth-order valence-corrected chi connectivity index (χ4v) is 1.90. The molecule has 0 spiro atoms. The topological polar surface area (TPSA) is 76.1 Å². The first-order chi connectivity index (χ1) is 11.1. The Morgan fingerprint density at radius 3 is 2.61 bits per heavy atom. The number of hydrogen-bond acceptors (Lipinski definition) is 5. The summed E-state index contributed by atoms with van der Waals surface area (Å²) >= 11 is 0. The summed E-state index contributed by atoms with van der Waals surface area (Å²) in [6.45, 7) is 6.55. The van der Waals surface area contributed by atoms with E-state index in [0.29, 0.717) is 18.1 Å². The molecular weight excluding hydrogens is 292 g/mol. The van der Waals surface area contributed by atoms with Crippen molar-refractivity contribution in [2.45, 2.75) is 33.2 Å². The summed E-state index contributed by atoms with van der Waals surface area (Å²) in [4.78, 5) is 20.3. The highest BCUT2D eigenvalue weighted by Gasteiger charge is 2.11. The average Bonchev–Trinajstić information content (AvgIpc) is 2.57. The van der Waals surface area contributed by atoms with Crippen molar-refractivity contribution in [1.29, 1.82) is 0 Å². The molecule has 0 bridgehead atoms. The molecule has 1 amide bonds. The van der Waals surface area contributed by atoms with Gasteiger partial charge in [0.1, 0.15) is 23.6 Å². The van der Waals surface area contributed by atoms with Crippen LogP contribution >= 0.6 is 0 Å². The smallest absolute Gasteiger partial charge is 0.270 e. The van der Waals surface area contributed by atoms with E-state index < -0.39 is 0 Å². The second-order valence-electron chi connectivity index (χ2n) is 5.15. The van der Waals surface area contributed by atoms with Gasteiger partial charge in [0.15, 0.2) is 0 Å². The Hall–Kier alpha value is -2.63. The largest absolute Gasteiger partial charge is 0.494 e. The maximum absolute atomic E-state index is 12.1. The van der Waals surface area contributed by atoms with Crippen LogP contribution in [0.4, 0.5) is 11.5 Å². The van der Waals surface area contributed by atoms with Crippen molar-refractivity contribution in [3.8, 4) is 5.75 Å². The molecule has 6 heteroatoms. The number of amides is 1. The van der Waals surface area contributed by atoms with E-state index >= 15 is 0 Å². The van der Waals surface area contributed by atoms with E-state index in [1.54, 1.807) is 6.07 Å². The number of rotatable bonds is 7. The Balaban J connectivity index is 2.06. The minimum atomic E-state index is -0.198. The number of nitrogens with zero attached hydrogens (tertiary/aromatic N) is 2. The Morgan fingerprint density at radius 2 is 1.96 bits per heavy atom. The maximum Gasteiger partial charge on any atom is 0.270 e. The molecule has 0 saturated heterocycles. The first-order valence-corrected chi connectivity index (χ1v) is 7.75. The zero-order valence-corrected chi connectivity index (χ0v) is 13.7. The fraction of sp³-hybridized carbons (Fsp3) is 0.353. The van der Waals surface area contributed by atoms with Gasteiger partial charge in [0.05, 0.1) is 6.61 Å². The monoisotopic (exact) mass is 314 g/mol. The summed E-state index contributed by atoms with van der Waals surface area (Å²) in [5, 5.41) is 6.03. The van der Waals surface area contributed by atoms with Crippen LogP contribution in [-0.4, -0.2) is 28.5 Å². The van der Waals surface area contributed by atoms with E-state index in [4.69, 9.17) is 4.74 Å². The van der Waals surface area contributed by atoms with Crippen LogP contribution in [0.2, 0.25) is 0 Å². The van der Waals surface area contributed by atoms with Crippen LogP contribution in [0.1, 0.15) is 37.7 Å². The van der Waals surface area contributed by atoms with Crippen molar-refractivity contribution in [3.05, 3.63) is 42.4 Å². The molecule has 1 aromatic carbocycles. The highest BCUT2D eigenvalue weighted by Crippen LogP contribution is 2.19. The third-order valence-corrected chi connectivity index (χ3v) is 3.33. The Kier molecular flexibility index (Phi) is 5.91. The zero-order valence-electron chi connectivity index (χ0n) is 13.7. The summed E-state index contributed by atoms with van der Waals surface area (Å²) in [7, 11) is 0. The van der Waals surface area contributed by atoms with Gasteiger partial charge in [-0.25, -0.2) is 9.97 Å². The molecule has 0 radical (unpaired) electrons. The number of carbonyl (C=O) groups is 1. The lowest BCUT2D eigenvalue weighted by atomic mass is 10.2. The molecule has 1 atom stereocenters. The molecule has 122 valence electrons. The van der Waals surface area contributed by atoms with Gasteiger partial charge in [-0.2, -0.15) is 0 Å². The van der Waals surface area contributed by atoms with Gasteiger partial charge in [-0.05, 0) is 44.5 Å². The lowest BCUT2D eigenvalue weighted by Gasteiger charge is -2.11. The Morgan fingerprint density at radius 1 is 1.22 bits per heavy atom. The molecule has 2 rings (SSSR count). The Bertz CT molecular complexity index is 643. The molecule has 0 aliphatic heterocycles. The van der Waals surface area contributed by atoms with Crippen molar-refractivity contribution < 1.29 is 9.53 Å². The summed E-state index contributed by atoms with van der Waals surface area (Å²) in [5.41, 5.74) is 1.20. The average molecular weight is 314 g/mol. The fourth-order valence-electron chi connectivity index (χ4n) is 1.90. The standard InChI is InChI=1S/C17H22N4O2/c1-4-12(3)20-17(22)15-10-16(19-11-18-15)21-13-6-8-14(9-7-13)23-5-2/h6-12H,4-5H2,1-3H3,(H,20,22)(H,18,19,21). The highest BCUT2D eigenvalue weighted by molar-refractivity contribution is 5.93. The van der Waals surface area contributed by atoms with Gasteiger partial charge >= 0.3 is 0 Å². The summed E-state index contributed by atoms with van der Waals surface area (Å²) in [6, 6.07) is 9.29. The van der Waals surface area contributed by atoms with Crippen LogP contribution in [0.5, 0.6) is 5.75 Å². The quantitative estimate of drug-likeness (QED) is 0.821. The van der Waals surface area contributed by atoms with Crippen molar-refractivity contribution >= 4 is 17.4 Å². The van der Waals surface area contributed by atoms with E-state index in [1.165, 1.54) is 6.33 Å². The van der Waals surface area contributed by atoms with E-state index in [9.17, 15) is 4.79 Å². The first-order valence-electron chi connectivity index (χ1n) is 7.75. The predicted molar refractivity (Wildman–Crippen MR) is 90.1 cm³/mol. The molecule has 1 unspecified atom stereocenters. The van der Waals surface area contributed by atoms with Crippen molar-refractivity contribution in [1.82, 2.24) is 15.3 Å². The number of aromatic nitrogens is 2. The molecule has 23 heavy (non-hydrogen) atoms. The molecule has 0 saturated carbocycles. The molecule has 6 nitrogen and oxygen atoms in total. The van der Waals surface area contributed by atoms with Gasteiger partial charge in [-0.3, -0.25) is 4.79 Å². The zero-order chi connectivity index (χ0) is 16.7. The van der Waals surface area contributed by atoms with Crippen LogP contribution in [0.25, 0.3) is 0 Å². The third-order valence-electron chi connectivity index (χ3n) is 3.33. The summed E-state index contributed by atoms with van der Waals surface area (Å²) in [5.74, 6) is 1.18. The minimum absolute atomic E-state index is 0.111. The van der Waals surface area contributed by atoms with Gasteiger partial charge in [0.2, 0.25) is 0 Å². The van der Waals surface area contributed by atoms with Crippen molar-refractivity contribution in [2.24, 2.45) is 0 Å². The second kappa shape index (κ2) is 8.12. The molecule has 1 heterocycles. The molecular formula is C17H22N4O2. The lowest BCUT2D eigenvalue weighted by molar-refractivity contribution is 0.0934. The van der Waals surface area contributed by atoms with Gasteiger partial charge in [0, 0.05) is 17.8 Å². The minimum Gasteiger partial charge on any atom is -0.494 e. The third kappa shape index (κ3) is 4.95. The predicted octanol–water partition coefficient (Wildman–Crippen LogP) is 3.15.